The smallest absolute Gasteiger partial charge is 0.197 e. The van der Waals surface area contributed by atoms with Crippen LogP contribution in [0.15, 0.2) is 35.6 Å². The van der Waals surface area contributed by atoms with Crippen LogP contribution >= 0.6 is 11.3 Å². The molecule has 3 heterocycles. The molecule has 4 nitrogen and oxygen atoms in total. The summed E-state index contributed by atoms with van der Waals surface area (Å²) in [6, 6.07) is 7.80. The maximum atomic E-state index is 11.3. The Kier molecular flexibility index (Phi) is 2.53. The van der Waals surface area contributed by atoms with Gasteiger partial charge in [0, 0.05) is 12.5 Å². The minimum Gasteiger partial charge on any atom is -0.330 e. The number of thiophene rings is 1. The number of aromatic nitrogens is 3. The number of fused-ring (bicyclic) bond motifs is 1. The Morgan fingerprint density at radius 1 is 1.41 bits per heavy atom. The molecule has 1 atom stereocenters. The first-order valence-corrected chi connectivity index (χ1v) is 7.36. The number of pyridine rings is 1. The molecule has 0 saturated carbocycles. The van der Waals surface area contributed by atoms with Gasteiger partial charge in [0.25, 0.3) is 0 Å². The van der Waals surface area contributed by atoms with E-state index < -0.39 is 10.8 Å². The Hall–Kier alpha value is -1.53. The third-order valence-electron chi connectivity index (χ3n) is 2.35. The lowest BCUT2D eigenvalue weighted by Crippen LogP contribution is -1.88. The second kappa shape index (κ2) is 4.05. The summed E-state index contributed by atoms with van der Waals surface area (Å²) in [4.78, 5) is 13.6. The number of rotatable bonds is 2. The molecule has 17 heavy (non-hydrogen) atoms. The van der Waals surface area contributed by atoms with Gasteiger partial charge in [0.1, 0.15) is 4.83 Å². The van der Waals surface area contributed by atoms with E-state index in [-0.39, 0.29) is 0 Å². The van der Waals surface area contributed by atoms with Gasteiger partial charge in [-0.3, -0.25) is 9.19 Å². The van der Waals surface area contributed by atoms with Crippen LogP contribution in [0.1, 0.15) is 0 Å². The van der Waals surface area contributed by atoms with Gasteiger partial charge in [-0.15, -0.1) is 11.3 Å². The lowest BCUT2D eigenvalue weighted by molar-refractivity contribution is 0.682. The standard InChI is InChI=1S/C11H9N3OS2/c1-17(15)11-13-8-6-9(16-10(8)14-11)7-4-2-3-5-12-7/h2-6H,1H3,(H,13,14). The first-order chi connectivity index (χ1) is 8.24. The lowest BCUT2D eigenvalue weighted by Gasteiger charge is -1.93. The van der Waals surface area contributed by atoms with Crippen LogP contribution in [-0.2, 0) is 10.8 Å². The van der Waals surface area contributed by atoms with Gasteiger partial charge in [0.15, 0.2) is 5.16 Å². The fourth-order valence-corrected chi connectivity index (χ4v) is 3.06. The van der Waals surface area contributed by atoms with Crippen molar-refractivity contribution < 1.29 is 4.21 Å². The lowest BCUT2D eigenvalue weighted by atomic mass is 10.3. The molecule has 6 heteroatoms. The molecule has 0 fully saturated rings. The Balaban J connectivity index is 2.10. The van der Waals surface area contributed by atoms with Gasteiger partial charge in [-0.1, -0.05) is 6.07 Å². The molecule has 0 aliphatic rings. The summed E-state index contributed by atoms with van der Waals surface area (Å²) in [5, 5.41) is 0.527. The minimum absolute atomic E-state index is 0.527. The first-order valence-electron chi connectivity index (χ1n) is 4.98. The van der Waals surface area contributed by atoms with Crippen molar-refractivity contribution in [2.24, 2.45) is 0 Å². The van der Waals surface area contributed by atoms with Crippen molar-refractivity contribution in [2.45, 2.75) is 5.16 Å². The van der Waals surface area contributed by atoms with E-state index in [1.807, 2.05) is 24.3 Å². The highest BCUT2D eigenvalue weighted by Gasteiger charge is 2.11. The monoisotopic (exact) mass is 263 g/mol. The third-order valence-corrected chi connectivity index (χ3v) is 4.14. The van der Waals surface area contributed by atoms with E-state index in [9.17, 15) is 4.21 Å². The van der Waals surface area contributed by atoms with Crippen LogP contribution in [0, 0.1) is 0 Å². The van der Waals surface area contributed by atoms with Crippen LogP contribution in [0.2, 0.25) is 0 Å². The van der Waals surface area contributed by atoms with Crippen molar-refractivity contribution in [2.75, 3.05) is 6.26 Å². The molecule has 0 radical (unpaired) electrons. The predicted octanol–water partition coefficient (Wildman–Crippen LogP) is 2.42. The summed E-state index contributed by atoms with van der Waals surface area (Å²) in [6.07, 6.45) is 3.38. The Labute approximate surface area is 104 Å². The van der Waals surface area contributed by atoms with E-state index >= 15 is 0 Å². The Bertz CT molecular complexity index is 656. The topological polar surface area (TPSA) is 58.6 Å². The number of aromatic amines is 1. The molecule has 0 spiro atoms. The number of hydrogen-bond donors (Lipinski definition) is 1. The van der Waals surface area contributed by atoms with E-state index in [1.165, 1.54) is 0 Å². The van der Waals surface area contributed by atoms with Gasteiger partial charge in [-0.2, -0.15) is 0 Å². The highest BCUT2D eigenvalue weighted by Crippen LogP contribution is 2.31. The number of nitrogens with zero attached hydrogens (tertiary/aromatic N) is 2. The number of imidazole rings is 1. The van der Waals surface area contributed by atoms with Crippen molar-refractivity contribution in [3.8, 4) is 10.6 Å². The Morgan fingerprint density at radius 2 is 2.29 bits per heavy atom. The molecule has 0 amide bonds. The predicted molar refractivity (Wildman–Crippen MR) is 69.5 cm³/mol. The van der Waals surface area contributed by atoms with Crippen molar-refractivity contribution >= 4 is 32.5 Å². The zero-order valence-corrected chi connectivity index (χ0v) is 10.6. The summed E-state index contributed by atoms with van der Waals surface area (Å²) in [6.45, 7) is 0. The van der Waals surface area contributed by atoms with E-state index in [0.29, 0.717) is 5.16 Å². The first kappa shape index (κ1) is 10.6. The maximum absolute atomic E-state index is 11.3. The highest BCUT2D eigenvalue weighted by atomic mass is 32.2. The summed E-state index contributed by atoms with van der Waals surface area (Å²) in [5.41, 5.74) is 1.85. The summed E-state index contributed by atoms with van der Waals surface area (Å²) >= 11 is 1.55. The quantitative estimate of drug-likeness (QED) is 0.772. The second-order valence-corrected chi connectivity index (χ2v) is 5.87. The van der Waals surface area contributed by atoms with Crippen LogP contribution in [0.25, 0.3) is 20.9 Å². The SMILES string of the molecule is CS(=O)c1nc2sc(-c3ccccn3)cc2[nH]1. The molecule has 3 aromatic rings. The van der Waals surface area contributed by atoms with Crippen molar-refractivity contribution in [1.29, 1.82) is 0 Å². The van der Waals surface area contributed by atoms with E-state index in [2.05, 4.69) is 15.0 Å². The van der Waals surface area contributed by atoms with E-state index in [4.69, 9.17) is 0 Å². The molecule has 0 saturated heterocycles. The number of hydrogen-bond acceptors (Lipinski definition) is 4. The number of H-pyrrole nitrogens is 1. The normalized spacial score (nSPS) is 13.0. The molecular weight excluding hydrogens is 254 g/mol. The number of nitrogens with one attached hydrogen (secondary N) is 1. The molecule has 86 valence electrons. The third kappa shape index (κ3) is 1.89. The van der Waals surface area contributed by atoms with Crippen molar-refractivity contribution in [3.05, 3.63) is 30.5 Å². The zero-order valence-electron chi connectivity index (χ0n) is 9.01. The van der Waals surface area contributed by atoms with Gasteiger partial charge in [-0.25, -0.2) is 4.98 Å². The summed E-state index contributed by atoms with van der Waals surface area (Å²) < 4.78 is 11.3. The summed E-state index contributed by atoms with van der Waals surface area (Å²) in [5.74, 6) is 0. The molecule has 1 N–H and O–H groups in total. The molecule has 3 aromatic heterocycles. The van der Waals surface area contributed by atoms with Gasteiger partial charge >= 0.3 is 0 Å². The fraction of sp³-hybridized carbons (Fsp3) is 0.0909. The van der Waals surface area contributed by atoms with Gasteiger partial charge < -0.3 is 4.98 Å². The van der Waals surface area contributed by atoms with Crippen LogP contribution < -0.4 is 0 Å². The highest BCUT2D eigenvalue weighted by molar-refractivity contribution is 7.84. The summed E-state index contributed by atoms with van der Waals surface area (Å²) in [7, 11) is -1.07. The molecule has 1 unspecified atom stereocenters. The fourth-order valence-electron chi connectivity index (χ4n) is 1.56. The van der Waals surface area contributed by atoms with Crippen LogP contribution in [0.3, 0.4) is 0 Å². The second-order valence-electron chi connectivity index (χ2n) is 3.54. The zero-order chi connectivity index (χ0) is 11.8. The van der Waals surface area contributed by atoms with Gasteiger partial charge in [0.05, 0.1) is 26.9 Å². The van der Waals surface area contributed by atoms with Gasteiger partial charge in [-0.05, 0) is 18.2 Å². The van der Waals surface area contributed by atoms with Gasteiger partial charge in [0.2, 0.25) is 0 Å². The van der Waals surface area contributed by atoms with Crippen LogP contribution in [0.4, 0.5) is 0 Å². The molecule has 0 aromatic carbocycles. The van der Waals surface area contributed by atoms with E-state index in [1.54, 1.807) is 23.8 Å². The molecule has 3 rings (SSSR count). The van der Waals surface area contributed by atoms with Crippen molar-refractivity contribution in [1.82, 2.24) is 15.0 Å². The average Bonchev–Trinajstić information content (AvgIpc) is 2.87. The molecule has 0 aliphatic heterocycles. The molecule has 0 aliphatic carbocycles. The molecular formula is C11H9N3OS2. The minimum atomic E-state index is -1.07. The molecule has 0 bridgehead atoms. The largest absolute Gasteiger partial charge is 0.330 e. The van der Waals surface area contributed by atoms with Crippen LogP contribution in [0.5, 0.6) is 0 Å². The van der Waals surface area contributed by atoms with Crippen LogP contribution in [-0.4, -0.2) is 25.4 Å². The Morgan fingerprint density at radius 3 is 2.94 bits per heavy atom. The average molecular weight is 263 g/mol. The van der Waals surface area contributed by atoms with Crippen molar-refractivity contribution in [3.63, 3.8) is 0 Å². The van der Waals surface area contributed by atoms with E-state index in [0.717, 1.165) is 20.9 Å². The maximum Gasteiger partial charge on any atom is 0.197 e.